The Morgan fingerprint density at radius 3 is 2.68 bits per heavy atom. The van der Waals surface area contributed by atoms with Crippen LogP contribution < -0.4 is 9.64 Å². The summed E-state index contributed by atoms with van der Waals surface area (Å²) in [7, 11) is 1.66. The number of likely N-dealkylation sites (tertiary alicyclic amines) is 1. The van der Waals surface area contributed by atoms with E-state index in [1.165, 1.54) is 4.90 Å². The quantitative estimate of drug-likeness (QED) is 0.794. The second-order valence-corrected chi connectivity index (χ2v) is 7.32. The van der Waals surface area contributed by atoms with Crippen LogP contribution >= 0.6 is 12.2 Å². The topological polar surface area (TPSA) is 56.6 Å². The van der Waals surface area contributed by atoms with Crippen LogP contribution in [0.5, 0.6) is 5.75 Å². The van der Waals surface area contributed by atoms with Gasteiger partial charge in [0.15, 0.2) is 12.5 Å². The van der Waals surface area contributed by atoms with E-state index in [2.05, 4.69) is 18.4 Å². The fourth-order valence-corrected chi connectivity index (χ4v) is 3.81. The van der Waals surface area contributed by atoms with Crippen molar-refractivity contribution in [3.8, 4) is 17.1 Å². The molecule has 1 aromatic heterocycles. The van der Waals surface area contributed by atoms with Crippen LogP contribution in [0.3, 0.4) is 0 Å². The van der Waals surface area contributed by atoms with E-state index in [-0.39, 0.29) is 12.1 Å². The average molecular weight is 364 g/mol. The number of rotatable bonds is 5. The Labute approximate surface area is 153 Å². The molecule has 0 bridgehead atoms. The van der Waals surface area contributed by atoms with E-state index in [4.69, 9.17) is 22.1 Å². The third-order valence-electron chi connectivity index (χ3n) is 4.70. The van der Waals surface area contributed by atoms with E-state index >= 15 is 0 Å². The van der Waals surface area contributed by atoms with E-state index in [0.29, 0.717) is 6.67 Å². The highest BCUT2D eigenvalue weighted by atomic mass is 32.1. The number of ether oxygens (including phenoxy) is 1. The standard InChI is InChI=1S/C18H26N4O2S/c1-13(2)22-17(14-6-8-16(24-3)9-7-14)19-21(18(22)25)12-20-10-4-5-15(23)11-20/h6-9,13,15,23H,4-5,10-12H2,1-3H3/p+1/t15-/m0/s1. The van der Waals surface area contributed by atoms with Crippen molar-refractivity contribution in [3.05, 3.63) is 29.0 Å². The lowest BCUT2D eigenvalue weighted by Crippen LogP contribution is -3.13. The van der Waals surface area contributed by atoms with E-state index in [1.54, 1.807) is 7.11 Å². The van der Waals surface area contributed by atoms with Crippen LogP contribution in [-0.2, 0) is 6.67 Å². The number of nitrogens with zero attached hydrogens (tertiary/aromatic N) is 3. The van der Waals surface area contributed by atoms with Crippen LogP contribution in [0.2, 0.25) is 0 Å². The van der Waals surface area contributed by atoms with Gasteiger partial charge in [-0.15, -0.1) is 5.10 Å². The Balaban J connectivity index is 1.93. The minimum atomic E-state index is -0.217. The molecule has 1 aromatic carbocycles. The molecule has 1 aliphatic heterocycles. The first-order valence-corrected chi connectivity index (χ1v) is 9.26. The maximum absolute atomic E-state index is 9.91. The number of aliphatic hydroxyl groups excluding tert-OH is 1. The van der Waals surface area contributed by atoms with Gasteiger partial charge in [0, 0.05) is 11.6 Å². The van der Waals surface area contributed by atoms with E-state index in [1.807, 2.05) is 28.9 Å². The predicted octanol–water partition coefficient (Wildman–Crippen LogP) is 1.67. The van der Waals surface area contributed by atoms with Gasteiger partial charge in [-0.25, -0.2) is 0 Å². The summed E-state index contributed by atoms with van der Waals surface area (Å²) in [4.78, 5) is 1.32. The van der Waals surface area contributed by atoms with Gasteiger partial charge < -0.3 is 14.7 Å². The summed E-state index contributed by atoms with van der Waals surface area (Å²) in [5.41, 5.74) is 1.02. The molecule has 1 unspecified atom stereocenters. The van der Waals surface area contributed by atoms with Crippen LogP contribution in [0.25, 0.3) is 11.4 Å². The number of hydrogen-bond donors (Lipinski definition) is 2. The molecule has 0 aliphatic carbocycles. The first kappa shape index (κ1) is 18.1. The predicted molar refractivity (Wildman–Crippen MR) is 99.4 cm³/mol. The number of methoxy groups -OCH3 is 1. The van der Waals surface area contributed by atoms with Gasteiger partial charge in [-0.05, 0) is 63.2 Å². The van der Waals surface area contributed by atoms with Crippen molar-refractivity contribution < 1.29 is 14.7 Å². The monoisotopic (exact) mass is 363 g/mol. The number of nitrogens with one attached hydrogen (secondary N) is 1. The third kappa shape index (κ3) is 3.94. The summed E-state index contributed by atoms with van der Waals surface area (Å²) in [6.45, 7) is 6.73. The zero-order chi connectivity index (χ0) is 18.0. The first-order valence-electron chi connectivity index (χ1n) is 8.85. The van der Waals surface area contributed by atoms with Crippen LogP contribution in [0.15, 0.2) is 24.3 Å². The third-order valence-corrected chi connectivity index (χ3v) is 5.11. The highest BCUT2D eigenvalue weighted by Gasteiger charge is 2.23. The van der Waals surface area contributed by atoms with Gasteiger partial charge in [0.25, 0.3) is 0 Å². The van der Waals surface area contributed by atoms with Gasteiger partial charge >= 0.3 is 0 Å². The van der Waals surface area contributed by atoms with Crippen molar-refractivity contribution in [3.63, 3.8) is 0 Å². The number of aromatic nitrogens is 3. The van der Waals surface area contributed by atoms with Gasteiger partial charge in [-0.1, -0.05) is 0 Å². The summed E-state index contributed by atoms with van der Waals surface area (Å²) in [5, 5.41) is 14.7. The summed E-state index contributed by atoms with van der Waals surface area (Å²) in [6, 6.07) is 8.12. The van der Waals surface area contributed by atoms with Gasteiger partial charge in [0.1, 0.15) is 18.4 Å². The fourth-order valence-electron chi connectivity index (χ4n) is 3.41. The molecule has 0 radical (unpaired) electrons. The number of benzene rings is 1. The van der Waals surface area contributed by atoms with Crippen LogP contribution in [0.4, 0.5) is 0 Å². The average Bonchev–Trinajstić information content (AvgIpc) is 2.92. The van der Waals surface area contributed by atoms with Crippen LogP contribution in [0, 0.1) is 4.77 Å². The molecule has 7 heteroatoms. The van der Waals surface area contributed by atoms with E-state index < -0.39 is 0 Å². The Morgan fingerprint density at radius 1 is 1.36 bits per heavy atom. The first-order chi connectivity index (χ1) is 12.0. The van der Waals surface area contributed by atoms with Gasteiger partial charge in [0.05, 0.1) is 13.7 Å². The zero-order valence-corrected chi connectivity index (χ0v) is 15.9. The normalized spacial score (nSPS) is 20.8. The molecule has 0 spiro atoms. The number of aliphatic hydroxyl groups is 1. The molecule has 2 atom stereocenters. The molecule has 1 saturated heterocycles. The van der Waals surface area contributed by atoms with Crippen molar-refractivity contribution in [1.82, 2.24) is 14.3 Å². The second-order valence-electron chi connectivity index (χ2n) is 6.96. The highest BCUT2D eigenvalue weighted by molar-refractivity contribution is 7.71. The largest absolute Gasteiger partial charge is 0.497 e. The Kier molecular flexibility index (Phi) is 5.56. The van der Waals surface area contributed by atoms with E-state index in [0.717, 1.165) is 47.8 Å². The van der Waals surface area contributed by atoms with Gasteiger partial charge in [0.2, 0.25) is 4.77 Å². The molecule has 0 amide bonds. The fraction of sp³-hybridized carbons (Fsp3) is 0.556. The molecule has 6 nitrogen and oxygen atoms in total. The number of piperidine rings is 1. The molecule has 2 N–H and O–H groups in total. The highest BCUT2D eigenvalue weighted by Crippen LogP contribution is 2.24. The Hall–Kier alpha value is -1.70. The molecular formula is C18H27N4O2S+. The minimum Gasteiger partial charge on any atom is -0.497 e. The maximum Gasteiger partial charge on any atom is 0.203 e. The lowest BCUT2D eigenvalue weighted by Gasteiger charge is -2.26. The Morgan fingerprint density at radius 2 is 2.08 bits per heavy atom. The SMILES string of the molecule is COc1ccc(-c2nn(C[NH+]3CCC[C@H](O)C3)c(=S)n2C(C)C)cc1. The molecule has 2 heterocycles. The molecule has 25 heavy (non-hydrogen) atoms. The maximum atomic E-state index is 9.91. The lowest BCUT2D eigenvalue weighted by atomic mass is 10.1. The van der Waals surface area contributed by atoms with E-state index in [9.17, 15) is 5.11 Å². The van der Waals surface area contributed by atoms with Crippen molar-refractivity contribution in [2.45, 2.75) is 45.5 Å². The van der Waals surface area contributed by atoms with Crippen molar-refractivity contribution in [1.29, 1.82) is 0 Å². The summed E-state index contributed by atoms with van der Waals surface area (Å²) >= 11 is 5.70. The molecule has 3 rings (SSSR count). The number of hydrogen-bond acceptors (Lipinski definition) is 4. The van der Waals surface area contributed by atoms with Crippen molar-refractivity contribution >= 4 is 12.2 Å². The molecular weight excluding hydrogens is 336 g/mol. The lowest BCUT2D eigenvalue weighted by molar-refractivity contribution is -0.931. The minimum absolute atomic E-state index is 0.217. The molecule has 136 valence electrons. The second kappa shape index (κ2) is 7.68. The van der Waals surface area contributed by atoms with Crippen LogP contribution in [0.1, 0.15) is 32.7 Å². The molecule has 1 aliphatic rings. The van der Waals surface area contributed by atoms with Gasteiger partial charge in [-0.2, -0.15) is 4.68 Å². The van der Waals surface area contributed by atoms with Crippen molar-refractivity contribution in [2.75, 3.05) is 20.2 Å². The summed E-state index contributed by atoms with van der Waals surface area (Å²) in [6.07, 6.45) is 1.72. The smallest absolute Gasteiger partial charge is 0.203 e. The van der Waals surface area contributed by atoms with Crippen LogP contribution in [-0.4, -0.2) is 45.8 Å². The number of quaternary nitrogens is 1. The molecule has 1 fully saturated rings. The van der Waals surface area contributed by atoms with Gasteiger partial charge in [-0.3, -0.25) is 4.57 Å². The Bertz CT molecular complexity index is 766. The summed E-state index contributed by atoms with van der Waals surface area (Å²) in [5.74, 6) is 1.70. The molecule has 2 aromatic rings. The van der Waals surface area contributed by atoms with Crippen molar-refractivity contribution in [2.24, 2.45) is 0 Å². The zero-order valence-electron chi connectivity index (χ0n) is 15.1. The summed E-state index contributed by atoms with van der Waals surface area (Å²) < 4.78 is 9.97. The molecule has 0 saturated carbocycles.